The Morgan fingerprint density at radius 2 is 1.94 bits per heavy atom. The van der Waals surface area contributed by atoms with E-state index in [0.29, 0.717) is 0 Å². The number of hydrogen-bond acceptors (Lipinski definition) is 2. The summed E-state index contributed by atoms with van der Waals surface area (Å²) in [5.74, 6) is 0.763. The first kappa shape index (κ1) is 14.0. The first-order valence-corrected chi connectivity index (χ1v) is 7.65. The average Bonchev–Trinajstić information content (AvgIpc) is 2.33. The zero-order chi connectivity index (χ0) is 13.0. The summed E-state index contributed by atoms with van der Waals surface area (Å²) in [4.78, 5) is 2.35. The third-order valence-electron chi connectivity index (χ3n) is 3.95. The molecule has 0 unspecified atom stereocenters. The van der Waals surface area contributed by atoms with E-state index in [-0.39, 0.29) is 0 Å². The molecule has 0 bridgehead atoms. The maximum atomic E-state index is 3.64. The second-order valence-corrected chi connectivity index (χ2v) is 6.18. The first-order valence-electron chi connectivity index (χ1n) is 6.86. The molecule has 2 rings (SSSR count). The van der Waals surface area contributed by atoms with Gasteiger partial charge in [-0.3, -0.25) is 0 Å². The molecule has 3 heteroatoms. The van der Waals surface area contributed by atoms with Crippen LogP contribution in [0, 0.1) is 0 Å². The van der Waals surface area contributed by atoms with Gasteiger partial charge in [0, 0.05) is 23.6 Å². The molecular formula is C15H23BrN2. The van der Waals surface area contributed by atoms with Crippen molar-refractivity contribution in [2.75, 3.05) is 26.7 Å². The van der Waals surface area contributed by atoms with E-state index in [1.807, 2.05) is 0 Å². The fourth-order valence-electron chi connectivity index (χ4n) is 2.41. The van der Waals surface area contributed by atoms with Gasteiger partial charge in [0.25, 0.3) is 0 Å². The minimum atomic E-state index is 0.726. The number of rotatable bonds is 6. The predicted octanol–water partition coefficient (Wildman–Crippen LogP) is 3.24. The van der Waals surface area contributed by atoms with Crippen LogP contribution in [0.1, 0.15) is 31.2 Å². The van der Waals surface area contributed by atoms with Gasteiger partial charge >= 0.3 is 0 Å². The molecule has 1 aliphatic carbocycles. The monoisotopic (exact) mass is 310 g/mol. The fourth-order valence-corrected chi connectivity index (χ4v) is 2.67. The van der Waals surface area contributed by atoms with Crippen LogP contribution in [0.2, 0.25) is 0 Å². The van der Waals surface area contributed by atoms with Crippen molar-refractivity contribution in [2.24, 2.45) is 0 Å². The van der Waals surface area contributed by atoms with Gasteiger partial charge in [0.15, 0.2) is 0 Å². The van der Waals surface area contributed by atoms with Gasteiger partial charge in [0.2, 0.25) is 0 Å². The van der Waals surface area contributed by atoms with E-state index in [4.69, 9.17) is 0 Å². The van der Waals surface area contributed by atoms with Crippen LogP contribution >= 0.6 is 15.9 Å². The SMILES string of the molecule is CCN(C)CCNC1CC(c2ccc(Br)cc2)C1. The van der Waals surface area contributed by atoms with E-state index >= 15 is 0 Å². The Hall–Kier alpha value is -0.380. The van der Waals surface area contributed by atoms with Gasteiger partial charge in [-0.05, 0) is 50.0 Å². The Morgan fingerprint density at radius 1 is 1.28 bits per heavy atom. The van der Waals surface area contributed by atoms with Crippen LogP contribution in [0.4, 0.5) is 0 Å². The highest BCUT2D eigenvalue weighted by molar-refractivity contribution is 9.10. The normalized spacial score (nSPS) is 23.1. The van der Waals surface area contributed by atoms with Gasteiger partial charge < -0.3 is 10.2 Å². The maximum Gasteiger partial charge on any atom is 0.0175 e. The minimum Gasteiger partial charge on any atom is -0.313 e. The molecule has 0 atom stereocenters. The van der Waals surface area contributed by atoms with Crippen molar-refractivity contribution in [2.45, 2.75) is 31.7 Å². The van der Waals surface area contributed by atoms with Crippen molar-refractivity contribution in [3.05, 3.63) is 34.3 Å². The van der Waals surface area contributed by atoms with E-state index in [9.17, 15) is 0 Å². The molecule has 1 aromatic rings. The second-order valence-electron chi connectivity index (χ2n) is 5.27. The van der Waals surface area contributed by atoms with Gasteiger partial charge in [-0.2, -0.15) is 0 Å². The molecular weight excluding hydrogens is 288 g/mol. The van der Waals surface area contributed by atoms with E-state index in [1.54, 1.807) is 0 Å². The molecule has 0 saturated heterocycles. The van der Waals surface area contributed by atoms with Crippen molar-refractivity contribution in [3.8, 4) is 0 Å². The molecule has 0 aliphatic heterocycles. The van der Waals surface area contributed by atoms with Crippen LogP contribution in [0.25, 0.3) is 0 Å². The maximum absolute atomic E-state index is 3.64. The van der Waals surface area contributed by atoms with E-state index < -0.39 is 0 Å². The Labute approximate surface area is 119 Å². The molecule has 1 aromatic carbocycles. The number of hydrogen-bond donors (Lipinski definition) is 1. The molecule has 0 heterocycles. The summed E-state index contributed by atoms with van der Waals surface area (Å²) in [6, 6.07) is 9.51. The zero-order valence-corrected chi connectivity index (χ0v) is 12.9. The lowest BCUT2D eigenvalue weighted by Gasteiger charge is -2.36. The minimum absolute atomic E-state index is 0.726. The van der Waals surface area contributed by atoms with Gasteiger partial charge in [0.05, 0.1) is 0 Å². The standard InChI is InChI=1S/C15H23BrN2/c1-3-18(2)9-8-17-15-10-13(11-15)12-4-6-14(16)7-5-12/h4-7,13,15,17H,3,8-11H2,1-2H3. The summed E-state index contributed by atoms with van der Waals surface area (Å²) in [7, 11) is 2.17. The van der Waals surface area contributed by atoms with Crippen LogP contribution in [0.5, 0.6) is 0 Å². The molecule has 0 spiro atoms. The molecule has 1 saturated carbocycles. The smallest absolute Gasteiger partial charge is 0.0175 e. The van der Waals surface area contributed by atoms with Crippen molar-refractivity contribution < 1.29 is 0 Å². The van der Waals surface area contributed by atoms with Crippen LogP contribution in [0.15, 0.2) is 28.7 Å². The highest BCUT2D eigenvalue weighted by Gasteiger charge is 2.29. The highest BCUT2D eigenvalue weighted by Crippen LogP contribution is 2.37. The van der Waals surface area contributed by atoms with Crippen LogP contribution < -0.4 is 5.32 Å². The largest absolute Gasteiger partial charge is 0.313 e. The van der Waals surface area contributed by atoms with Crippen molar-refractivity contribution in [1.29, 1.82) is 0 Å². The van der Waals surface area contributed by atoms with Gasteiger partial charge in [-0.1, -0.05) is 35.0 Å². The number of halogens is 1. The van der Waals surface area contributed by atoms with Crippen molar-refractivity contribution >= 4 is 15.9 Å². The number of nitrogens with one attached hydrogen (secondary N) is 1. The summed E-state index contributed by atoms with van der Waals surface area (Å²) >= 11 is 3.48. The summed E-state index contributed by atoms with van der Waals surface area (Å²) in [6.07, 6.45) is 2.58. The first-order chi connectivity index (χ1) is 8.69. The lowest BCUT2D eigenvalue weighted by Crippen LogP contribution is -2.43. The lowest BCUT2D eigenvalue weighted by atomic mass is 9.76. The molecule has 2 nitrogen and oxygen atoms in total. The van der Waals surface area contributed by atoms with Gasteiger partial charge in [-0.15, -0.1) is 0 Å². The van der Waals surface area contributed by atoms with Crippen LogP contribution in [-0.4, -0.2) is 37.6 Å². The number of likely N-dealkylation sites (N-methyl/N-ethyl adjacent to an activating group) is 1. The molecule has 100 valence electrons. The number of nitrogens with zero attached hydrogens (tertiary/aromatic N) is 1. The summed E-state index contributed by atoms with van der Waals surface area (Å²) in [5.41, 5.74) is 1.49. The lowest BCUT2D eigenvalue weighted by molar-refractivity contribution is 0.270. The van der Waals surface area contributed by atoms with Crippen LogP contribution in [-0.2, 0) is 0 Å². The Balaban J connectivity index is 1.66. The summed E-state index contributed by atoms with van der Waals surface area (Å²) in [6.45, 7) is 5.60. The molecule has 18 heavy (non-hydrogen) atoms. The quantitative estimate of drug-likeness (QED) is 0.868. The predicted molar refractivity (Wildman–Crippen MR) is 81.1 cm³/mol. The number of benzene rings is 1. The van der Waals surface area contributed by atoms with Crippen molar-refractivity contribution in [3.63, 3.8) is 0 Å². The molecule has 0 aromatic heterocycles. The molecule has 0 amide bonds. The Bertz CT molecular complexity index is 357. The second kappa shape index (κ2) is 6.69. The molecule has 0 radical (unpaired) electrons. The van der Waals surface area contributed by atoms with Gasteiger partial charge in [0.1, 0.15) is 0 Å². The third-order valence-corrected chi connectivity index (χ3v) is 4.47. The topological polar surface area (TPSA) is 15.3 Å². The summed E-state index contributed by atoms with van der Waals surface area (Å²) in [5, 5.41) is 3.64. The zero-order valence-electron chi connectivity index (χ0n) is 11.3. The third kappa shape index (κ3) is 3.81. The van der Waals surface area contributed by atoms with E-state index in [2.05, 4.69) is 64.4 Å². The summed E-state index contributed by atoms with van der Waals surface area (Å²) < 4.78 is 1.17. The van der Waals surface area contributed by atoms with Crippen LogP contribution in [0.3, 0.4) is 0 Å². The Kier molecular flexibility index (Phi) is 5.22. The fraction of sp³-hybridized carbons (Fsp3) is 0.600. The molecule has 1 fully saturated rings. The Morgan fingerprint density at radius 3 is 2.56 bits per heavy atom. The molecule has 1 aliphatic rings. The van der Waals surface area contributed by atoms with Crippen molar-refractivity contribution in [1.82, 2.24) is 10.2 Å². The van der Waals surface area contributed by atoms with Gasteiger partial charge in [-0.25, -0.2) is 0 Å². The average molecular weight is 311 g/mol. The van der Waals surface area contributed by atoms with E-state index in [1.165, 1.54) is 22.9 Å². The van der Waals surface area contributed by atoms with E-state index in [0.717, 1.165) is 31.6 Å². The molecule has 1 N–H and O–H groups in total. The highest BCUT2D eigenvalue weighted by atomic mass is 79.9.